The fraction of sp³-hybridized carbons (Fsp3) is 0. The van der Waals surface area contributed by atoms with Crippen LogP contribution >= 0.6 is 0 Å². The van der Waals surface area contributed by atoms with Crippen LogP contribution in [0.25, 0.3) is 94.7 Å². The summed E-state index contributed by atoms with van der Waals surface area (Å²) in [5.74, 6) is 0.662. The van der Waals surface area contributed by atoms with E-state index in [1.165, 1.54) is 0 Å². The first-order valence-electron chi connectivity index (χ1n) is 19.6. The molecule has 3 aromatic heterocycles. The Hall–Kier alpha value is -6.85. The molecule has 0 atom stereocenters. The molecule has 0 saturated heterocycles. The highest BCUT2D eigenvalue weighted by atomic mass is 16.3. The third kappa shape index (κ3) is 4.45. The molecule has 0 spiro atoms. The minimum Gasteiger partial charge on any atom is -0.453 e. The first-order chi connectivity index (χ1) is 27.7. The van der Waals surface area contributed by atoms with Crippen LogP contribution in [0, 0.1) is 0 Å². The molecule has 0 fully saturated rings. The van der Waals surface area contributed by atoms with Crippen molar-refractivity contribution in [1.82, 2.24) is 19.5 Å². The SMILES string of the molecule is [2H]c1c([2H])c([2H])c2c(c1[2H])c1c([2H])c([2H])c([2H])c(-c3nc(-c4ccccc4)nc(-c4ccccc4)n3)c1n2-c1cccc2c1oc1c(-c3ccccc3)cccc12. The zero-order valence-electron chi connectivity index (χ0n) is 33.3. The summed E-state index contributed by atoms with van der Waals surface area (Å²) >= 11 is 0. The van der Waals surface area contributed by atoms with Gasteiger partial charge in [0.1, 0.15) is 5.58 Å². The molecule has 0 aliphatic heterocycles. The van der Waals surface area contributed by atoms with Crippen LogP contribution in [0.4, 0.5) is 0 Å². The molecule has 0 amide bonds. The highest BCUT2D eigenvalue weighted by Gasteiger charge is 2.23. The van der Waals surface area contributed by atoms with Crippen LogP contribution < -0.4 is 0 Å². The minimum absolute atomic E-state index is 0.0358. The summed E-state index contributed by atoms with van der Waals surface area (Å²) in [4.78, 5) is 14.7. The Balaban J connectivity index is 1.40. The Labute approximate surface area is 297 Å². The van der Waals surface area contributed by atoms with Gasteiger partial charge in [-0.05, 0) is 23.7 Å². The van der Waals surface area contributed by atoms with E-state index in [4.69, 9.17) is 23.5 Å². The van der Waals surface area contributed by atoms with E-state index in [2.05, 4.69) is 0 Å². The number of nitrogens with zero attached hydrogens (tertiary/aromatic N) is 4. The number of fused-ring (bicyclic) bond motifs is 6. The molecule has 5 nitrogen and oxygen atoms in total. The monoisotopic (exact) mass is 647 g/mol. The molecule has 7 aromatic carbocycles. The number of furan rings is 1. The fourth-order valence-corrected chi connectivity index (χ4v) is 6.72. The molecule has 0 aliphatic rings. The van der Waals surface area contributed by atoms with Crippen molar-refractivity contribution in [2.75, 3.05) is 0 Å². The molecule has 10 rings (SSSR count). The summed E-state index contributed by atoms with van der Waals surface area (Å²) in [6, 6.07) is 37.2. The lowest BCUT2D eigenvalue weighted by atomic mass is 10.0. The standard InChI is InChI=1S/C45H28N4O/c1-4-15-29(16-5-1)32-22-12-24-35-36-25-14-28-39(42(36)50-41(32)35)49-38-27-11-10-21-33(38)34-23-13-26-37(40(34)49)45-47-43(30-17-6-2-7-18-30)46-44(48-45)31-19-8-3-9-20-31/h1-28H/i10D,11D,13D,21D,23D,26D,27D. The normalized spacial score (nSPS) is 13.6. The first-order valence-corrected chi connectivity index (χ1v) is 16.1. The molecule has 5 heteroatoms. The van der Waals surface area contributed by atoms with E-state index in [-0.39, 0.29) is 57.4 Å². The number of benzene rings is 7. The second-order valence-electron chi connectivity index (χ2n) is 11.9. The van der Waals surface area contributed by atoms with Gasteiger partial charge in [-0.2, -0.15) is 0 Å². The Morgan fingerprint density at radius 3 is 1.72 bits per heavy atom. The zero-order chi connectivity index (χ0) is 39.1. The molecular formula is C45H28N4O. The quantitative estimate of drug-likeness (QED) is 0.186. The van der Waals surface area contributed by atoms with Crippen LogP contribution in [0.3, 0.4) is 0 Å². The average molecular weight is 648 g/mol. The predicted octanol–water partition coefficient (Wildman–Crippen LogP) is 11.5. The molecule has 234 valence electrons. The van der Waals surface area contributed by atoms with Gasteiger partial charge in [0, 0.05) is 43.8 Å². The first kappa shape index (κ1) is 21.9. The van der Waals surface area contributed by atoms with Crippen LogP contribution in [0.15, 0.2) is 174 Å². The van der Waals surface area contributed by atoms with E-state index in [0.717, 1.165) is 21.9 Å². The Morgan fingerprint density at radius 2 is 1.02 bits per heavy atom. The van der Waals surface area contributed by atoms with E-state index in [0.29, 0.717) is 39.6 Å². The lowest BCUT2D eigenvalue weighted by molar-refractivity contribution is 0.667. The van der Waals surface area contributed by atoms with Gasteiger partial charge in [0.25, 0.3) is 0 Å². The fourth-order valence-electron chi connectivity index (χ4n) is 6.72. The van der Waals surface area contributed by atoms with Crippen molar-refractivity contribution >= 4 is 43.7 Å². The highest BCUT2D eigenvalue weighted by Crippen LogP contribution is 2.42. The van der Waals surface area contributed by atoms with Gasteiger partial charge in [-0.3, -0.25) is 0 Å². The third-order valence-corrected chi connectivity index (χ3v) is 8.97. The van der Waals surface area contributed by atoms with Crippen molar-refractivity contribution < 1.29 is 14.0 Å². The highest BCUT2D eigenvalue weighted by molar-refractivity contribution is 6.16. The maximum absolute atomic E-state index is 9.49. The molecular weight excluding hydrogens is 613 g/mol. The van der Waals surface area contributed by atoms with Crippen LogP contribution in [0.5, 0.6) is 0 Å². The van der Waals surface area contributed by atoms with Gasteiger partial charge >= 0.3 is 0 Å². The lowest BCUT2D eigenvalue weighted by Gasteiger charge is -2.13. The van der Waals surface area contributed by atoms with Crippen LogP contribution in [0.1, 0.15) is 9.60 Å². The van der Waals surface area contributed by atoms with Gasteiger partial charge in [0.05, 0.1) is 26.3 Å². The van der Waals surface area contributed by atoms with E-state index in [9.17, 15) is 5.48 Å². The molecule has 3 heterocycles. The van der Waals surface area contributed by atoms with Gasteiger partial charge in [0.15, 0.2) is 23.1 Å². The number of hydrogen-bond donors (Lipinski definition) is 0. The molecule has 0 unspecified atom stereocenters. The van der Waals surface area contributed by atoms with Crippen LogP contribution in [-0.4, -0.2) is 19.5 Å². The van der Waals surface area contributed by atoms with Crippen molar-refractivity contribution in [2.45, 2.75) is 0 Å². The van der Waals surface area contributed by atoms with Crippen molar-refractivity contribution in [3.8, 4) is 51.0 Å². The number of aromatic nitrogens is 4. The topological polar surface area (TPSA) is 56.7 Å². The summed E-state index contributed by atoms with van der Waals surface area (Å²) in [7, 11) is 0. The van der Waals surface area contributed by atoms with E-state index in [1.54, 1.807) is 10.6 Å². The summed E-state index contributed by atoms with van der Waals surface area (Å²) in [6.07, 6.45) is 0. The van der Waals surface area contributed by atoms with Gasteiger partial charge in [0.2, 0.25) is 0 Å². The minimum atomic E-state index is -0.485. The molecule has 0 aliphatic carbocycles. The number of hydrogen-bond acceptors (Lipinski definition) is 4. The van der Waals surface area contributed by atoms with Gasteiger partial charge < -0.3 is 8.98 Å². The van der Waals surface area contributed by atoms with E-state index in [1.807, 2.05) is 121 Å². The number of para-hydroxylation sites is 4. The average Bonchev–Trinajstić information content (AvgIpc) is 3.82. The van der Waals surface area contributed by atoms with Crippen molar-refractivity contribution in [3.05, 3.63) is 170 Å². The summed E-state index contributed by atoms with van der Waals surface area (Å²) < 4.78 is 72.3. The van der Waals surface area contributed by atoms with Crippen LogP contribution in [-0.2, 0) is 0 Å². The zero-order valence-corrected chi connectivity index (χ0v) is 26.3. The molecule has 0 N–H and O–H groups in total. The smallest absolute Gasteiger partial charge is 0.166 e. The summed E-state index contributed by atoms with van der Waals surface area (Å²) in [5, 5.41) is 1.69. The summed E-state index contributed by atoms with van der Waals surface area (Å²) in [6.45, 7) is 0. The molecule has 0 saturated carbocycles. The van der Waals surface area contributed by atoms with Crippen LogP contribution in [0.2, 0.25) is 0 Å². The van der Waals surface area contributed by atoms with Gasteiger partial charge in [-0.1, -0.05) is 152 Å². The van der Waals surface area contributed by atoms with Gasteiger partial charge in [-0.15, -0.1) is 0 Å². The maximum Gasteiger partial charge on any atom is 0.166 e. The Kier molecular flexibility index (Phi) is 4.99. The molecule has 10 aromatic rings. The molecule has 50 heavy (non-hydrogen) atoms. The number of rotatable bonds is 5. The van der Waals surface area contributed by atoms with Crippen molar-refractivity contribution in [2.24, 2.45) is 0 Å². The summed E-state index contributed by atoms with van der Waals surface area (Å²) in [5.41, 5.74) is 4.95. The maximum atomic E-state index is 9.49. The van der Waals surface area contributed by atoms with E-state index < -0.39 is 18.1 Å². The molecule has 0 bridgehead atoms. The second kappa shape index (κ2) is 11.4. The third-order valence-electron chi connectivity index (χ3n) is 8.97. The molecule has 0 radical (unpaired) electrons. The predicted molar refractivity (Wildman–Crippen MR) is 203 cm³/mol. The largest absolute Gasteiger partial charge is 0.453 e. The van der Waals surface area contributed by atoms with Crippen molar-refractivity contribution in [3.63, 3.8) is 0 Å². The van der Waals surface area contributed by atoms with Gasteiger partial charge in [-0.25, -0.2) is 15.0 Å². The Bertz CT molecular complexity index is 3200. The Morgan fingerprint density at radius 1 is 0.440 bits per heavy atom. The lowest BCUT2D eigenvalue weighted by Crippen LogP contribution is -2.02. The van der Waals surface area contributed by atoms with Crippen molar-refractivity contribution in [1.29, 1.82) is 0 Å². The van der Waals surface area contributed by atoms with E-state index >= 15 is 0 Å². The second-order valence-corrected chi connectivity index (χ2v) is 11.9.